The van der Waals surface area contributed by atoms with E-state index >= 15 is 0 Å². The first-order valence-corrected chi connectivity index (χ1v) is 12.3. The zero-order valence-corrected chi connectivity index (χ0v) is 18.7. The number of carbonyl (C=O) groups excluding carboxylic acids is 3. The zero-order valence-electron chi connectivity index (χ0n) is 17.1. The predicted molar refractivity (Wildman–Crippen MR) is 119 cm³/mol. The van der Waals surface area contributed by atoms with Crippen LogP contribution in [0.5, 0.6) is 0 Å². The maximum Gasteiger partial charge on any atom is 0.363 e. The molecule has 2 aromatic rings. The smallest absolute Gasteiger partial charge is 0.363 e. The predicted octanol–water partition coefficient (Wildman–Crippen LogP) is 1.85. The molecule has 2 aromatic carbocycles. The van der Waals surface area contributed by atoms with Gasteiger partial charge in [0.05, 0.1) is 18.4 Å². The molecule has 0 aliphatic carbocycles. The van der Waals surface area contributed by atoms with Crippen LogP contribution in [0.4, 0.5) is 0 Å². The Hall–Kier alpha value is -3.33. The first kappa shape index (κ1) is 23.3. The number of hydrogen-bond donors (Lipinski definition) is 1. The minimum absolute atomic E-state index is 0.00853. The normalized spacial score (nSPS) is 17.7. The average Bonchev–Trinajstić information content (AvgIpc) is 2.80. The summed E-state index contributed by atoms with van der Waals surface area (Å²) in [7, 11) is -2.36. The van der Waals surface area contributed by atoms with Crippen molar-refractivity contribution < 1.29 is 27.5 Å². The number of hydrogen-bond acceptors (Lipinski definition) is 7. The molecule has 2 atom stereocenters. The van der Waals surface area contributed by atoms with Crippen molar-refractivity contribution in [2.75, 3.05) is 7.11 Å². The number of likely N-dealkylation sites (tertiary alicyclic amines) is 1. The van der Waals surface area contributed by atoms with Gasteiger partial charge in [-0.05, 0) is 17.7 Å². The summed E-state index contributed by atoms with van der Waals surface area (Å²) in [6, 6.07) is 15.4. The summed E-state index contributed by atoms with van der Waals surface area (Å²) in [6.07, 6.45) is 0.00853. The summed E-state index contributed by atoms with van der Waals surface area (Å²) < 4.78 is 30.5. The molecule has 32 heavy (non-hydrogen) atoms. The molecule has 2 amide bonds. The van der Waals surface area contributed by atoms with Crippen molar-refractivity contribution in [1.29, 1.82) is 0 Å². The third kappa shape index (κ3) is 4.94. The van der Waals surface area contributed by atoms with E-state index in [4.69, 9.17) is 0 Å². The third-order valence-corrected chi connectivity index (χ3v) is 8.32. The largest absolute Gasteiger partial charge is 0.464 e. The van der Waals surface area contributed by atoms with Crippen molar-refractivity contribution in [3.05, 3.63) is 84.2 Å². The Bertz CT molecular complexity index is 1180. The van der Waals surface area contributed by atoms with E-state index in [0.717, 1.165) is 17.6 Å². The van der Waals surface area contributed by atoms with Gasteiger partial charge in [-0.15, -0.1) is 0 Å². The van der Waals surface area contributed by atoms with Crippen LogP contribution in [-0.4, -0.2) is 49.6 Å². The number of esters is 1. The summed E-state index contributed by atoms with van der Waals surface area (Å²) >= 11 is 0. The number of nitrogens with one attached hydrogen (secondary N) is 1. The molecule has 1 N–H and O–H groups in total. The maximum absolute atomic E-state index is 12.9. The first-order valence-electron chi connectivity index (χ1n) is 9.41. The van der Waals surface area contributed by atoms with Gasteiger partial charge in [0.15, 0.2) is 5.70 Å². The van der Waals surface area contributed by atoms with Crippen LogP contribution in [0, 0.1) is 0 Å². The Morgan fingerprint density at radius 1 is 1.12 bits per heavy atom. The molecule has 1 aliphatic heterocycles. The minimum atomic E-state index is -3.92. The van der Waals surface area contributed by atoms with Gasteiger partial charge >= 0.3 is 5.97 Å². The standard InChI is InChI=1S/C22H20N2O6S2/c1-3-17(22(27)30-2)24-20(26)19(23-18(25)14-15-10-6-4-7-11-15)21(24)31-32(28,29)16-12-8-5-9-13-16/h4-13,19,21H,1,14H2,2H3,(H,23,25). The van der Waals surface area contributed by atoms with E-state index in [-0.39, 0.29) is 17.0 Å². The minimum Gasteiger partial charge on any atom is -0.464 e. The lowest BCUT2D eigenvalue weighted by molar-refractivity contribution is -0.151. The molecule has 3 rings (SSSR count). The molecule has 0 saturated carbocycles. The second kappa shape index (κ2) is 9.86. The number of nitrogens with zero attached hydrogens (tertiary/aromatic N) is 1. The van der Waals surface area contributed by atoms with E-state index in [1.807, 2.05) is 6.07 Å². The van der Waals surface area contributed by atoms with Gasteiger partial charge in [0.2, 0.25) is 14.8 Å². The molecule has 0 aromatic heterocycles. The van der Waals surface area contributed by atoms with Crippen LogP contribution in [0.1, 0.15) is 5.56 Å². The molecule has 0 spiro atoms. The molecular weight excluding hydrogens is 452 g/mol. The molecule has 0 radical (unpaired) electrons. The van der Waals surface area contributed by atoms with Gasteiger partial charge in [0, 0.05) is 10.8 Å². The maximum atomic E-state index is 12.9. The fraction of sp³-hybridized carbons (Fsp3) is 0.182. The van der Waals surface area contributed by atoms with E-state index in [1.165, 1.54) is 12.1 Å². The third-order valence-electron chi connectivity index (χ3n) is 4.61. The zero-order chi connectivity index (χ0) is 23.3. The van der Waals surface area contributed by atoms with Crippen LogP contribution in [-0.2, 0) is 34.4 Å². The Balaban J connectivity index is 1.86. The molecule has 10 heteroatoms. The Kier molecular flexibility index (Phi) is 7.19. The van der Waals surface area contributed by atoms with E-state index in [1.54, 1.807) is 42.5 Å². The molecule has 1 saturated heterocycles. The van der Waals surface area contributed by atoms with Crippen LogP contribution in [0.25, 0.3) is 0 Å². The highest BCUT2D eigenvalue weighted by molar-refractivity contribution is 8.72. The molecule has 166 valence electrons. The van der Waals surface area contributed by atoms with Crippen LogP contribution in [0.3, 0.4) is 0 Å². The summed E-state index contributed by atoms with van der Waals surface area (Å²) in [5, 5.41) is 1.46. The van der Waals surface area contributed by atoms with Crippen molar-refractivity contribution in [3.8, 4) is 0 Å². The second-order valence-corrected chi connectivity index (χ2v) is 10.6. The van der Waals surface area contributed by atoms with Crippen molar-refractivity contribution in [3.63, 3.8) is 0 Å². The van der Waals surface area contributed by atoms with Crippen molar-refractivity contribution in [2.45, 2.75) is 22.7 Å². The lowest BCUT2D eigenvalue weighted by atomic mass is 10.0. The fourth-order valence-corrected chi connectivity index (χ4v) is 6.55. The summed E-state index contributed by atoms with van der Waals surface area (Å²) in [5.41, 5.74) is 2.74. The van der Waals surface area contributed by atoms with Gasteiger partial charge in [-0.2, -0.15) is 0 Å². The first-order chi connectivity index (χ1) is 15.3. The number of ether oxygens (including phenoxy) is 1. The van der Waals surface area contributed by atoms with Crippen LogP contribution < -0.4 is 5.32 Å². The number of methoxy groups -OCH3 is 1. The number of β-lactam (4-membered cyclic amide) rings is 1. The van der Waals surface area contributed by atoms with Crippen molar-refractivity contribution in [1.82, 2.24) is 10.2 Å². The summed E-state index contributed by atoms with van der Waals surface area (Å²) in [6.45, 7) is 3.40. The van der Waals surface area contributed by atoms with Crippen LogP contribution >= 0.6 is 10.8 Å². The Morgan fingerprint density at radius 3 is 2.28 bits per heavy atom. The molecule has 8 nitrogen and oxygen atoms in total. The monoisotopic (exact) mass is 472 g/mol. The second-order valence-electron chi connectivity index (χ2n) is 6.69. The SMILES string of the molecule is C=C=C(C(=O)OC)N1C(=O)C(NC(=O)Cc2ccccc2)C1SS(=O)(=O)c1ccccc1. The summed E-state index contributed by atoms with van der Waals surface area (Å²) in [5.74, 6) is -2.02. The highest BCUT2D eigenvalue weighted by Crippen LogP contribution is 2.39. The van der Waals surface area contributed by atoms with E-state index in [2.05, 4.69) is 22.4 Å². The number of amides is 2. The molecule has 1 heterocycles. The molecule has 1 aliphatic rings. The quantitative estimate of drug-likeness (QED) is 0.205. The number of benzene rings is 2. The van der Waals surface area contributed by atoms with Crippen molar-refractivity contribution >= 4 is 37.4 Å². The summed E-state index contributed by atoms with van der Waals surface area (Å²) in [4.78, 5) is 38.4. The number of carbonyl (C=O) groups is 3. The number of rotatable bonds is 8. The van der Waals surface area contributed by atoms with Gasteiger partial charge in [0.1, 0.15) is 11.4 Å². The highest BCUT2D eigenvalue weighted by Gasteiger charge is 2.54. The average molecular weight is 473 g/mol. The van der Waals surface area contributed by atoms with Gasteiger partial charge in [0.25, 0.3) is 5.91 Å². The van der Waals surface area contributed by atoms with Crippen LogP contribution in [0.2, 0.25) is 0 Å². The van der Waals surface area contributed by atoms with Crippen LogP contribution in [0.15, 0.2) is 83.6 Å². The van der Waals surface area contributed by atoms with Crippen molar-refractivity contribution in [2.24, 2.45) is 0 Å². The molecule has 1 fully saturated rings. The van der Waals surface area contributed by atoms with Gasteiger partial charge < -0.3 is 10.1 Å². The molecule has 0 bridgehead atoms. The Labute approximate surface area is 189 Å². The van der Waals surface area contributed by atoms with E-state index < -0.39 is 38.1 Å². The van der Waals surface area contributed by atoms with Gasteiger partial charge in [-0.25, -0.2) is 13.2 Å². The van der Waals surface area contributed by atoms with E-state index in [9.17, 15) is 22.8 Å². The highest BCUT2D eigenvalue weighted by atomic mass is 33.1. The van der Waals surface area contributed by atoms with Gasteiger partial charge in [-0.1, -0.05) is 60.8 Å². The fourth-order valence-electron chi connectivity index (χ4n) is 3.06. The topological polar surface area (TPSA) is 110 Å². The molecular formula is C22H20N2O6S2. The lowest BCUT2D eigenvalue weighted by Gasteiger charge is -2.45. The lowest BCUT2D eigenvalue weighted by Crippen LogP contribution is -2.69. The Morgan fingerprint density at radius 2 is 1.72 bits per heavy atom. The van der Waals surface area contributed by atoms with Gasteiger partial charge in [-0.3, -0.25) is 14.5 Å². The molecule has 2 unspecified atom stereocenters. The van der Waals surface area contributed by atoms with E-state index in [0.29, 0.717) is 10.8 Å².